The molecule has 1 fully saturated rings. The Morgan fingerprint density at radius 1 is 1.13 bits per heavy atom. The van der Waals surface area contributed by atoms with Gasteiger partial charge in [-0.1, -0.05) is 11.6 Å². The summed E-state index contributed by atoms with van der Waals surface area (Å²) < 4.78 is 30.9. The van der Waals surface area contributed by atoms with Crippen LogP contribution in [-0.4, -0.2) is 64.2 Å². The number of anilines is 2. The summed E-state index contributed by atoms with van der Waals surface area (Å²) in [6, 6.07) is 11.2. The highest BCUT2D eigenvalue weighted by Gasteiger charge is 2.23. The van der Waals surface area contributed by atoms with Crippen LogP contribution in [0.1, 0.15) is 15.9 Å². The van der Waals surface area contributed by atoms with Crippen molar-refractivity contribution < 1.29 is 22.7 Å². The number of benzene rings is 2. The average molecular weight is 466 g/mol. The van der Waals surface area contributed by atoms with E-state index < -0.39 is 22.5 Å². The van der Waals surface area contributed by atoms with E-state index in [1.54, 1.807) is 42.2 Å². The molecule has 0 saturated carbocycles. The fraction of sp³-hybridized carbons (Fsp3) is 0.333. The SMILES string of the molecule is Cc1cc(Cl)ccc1NC(=O)CN(c1ccc(C(=O)N2CCOCC2)cc1)S(C)(=O)=O. The first kappa shape index (κ1) is 23.1. The molecule has 2 aromatic rings. The zero-order chi connectivity index (χ0) is 22.6. The van der Waals surface area contributed by atoms with Crippen molar-refractivity contribution in [2.75, 3.05) is 48.7 Å². The van der Waals surface area contributed by atoms with E-state index in [0.717, 1.165) is 16.1 Å². The molecule has 1 aliphatic rings. The van der Waals surface area contributed by atoms with E-state index in [2.05, 4.69) is 5.32 Å². The van der Waals surface area contributed by atoms with Gasteiger partial charge in [-0.25, -0.2) is 8.42 Å². The maximum atomic E-state index is 12.6. The zero-order valence-corrected chi connectivity index (χ0v) is 18.9. The number of rotatable bonds is 6. The maximum absolute atomic E-state index is 12.6. The molecule has 0 aliphatic carbocycles. The standard InChI is InChI=1S/C21H24ClN3O5S/c1-15-13-17(22)5-8-19(15)23-20(26)14-25(31(2,28)29)18-6-3-16(4-7-18)21(27)24-9-11-30-12-10-24/h3-8,13H,9-12,14H2,1-2H3,(H,23,26). The van der Waals surface area contributed by atoms with E-state index in [-0.39, 0.29) is 5.91 Å². The van der Waals surface area contributed by atoms with Crippen LogP contribution in [0.4, 0.5) is 11.4 Å². The molecular weight excluding hydrogens is 442 g/mol. The highest BCUT2D eigenvalue weighted by Crippen LogP contribution is 2.22. The highest BCUT2D eigenvalue weighted by molar-refractivity contribution is 7.92. The smallest absolute Gasteiger partial charge is 0.254 e. The van der Waals surface area contributed by atoms with Crippen LogP contribution in [0.2, 0.25) is 5.02 Å². The summed E-state index contributed by atoms with van der Waals surface area (Å²) in [4.78, 5) is 26.8. The largest absolute Gasteiger partial charge is 0.378 e. The third kappa shape index (κ3) is 5.96. The lowest BCUT2D eigenvalue weighted by molar-refractivity contribution is -0.114. The van der Waals surface area contributed by atoms with Crippen LogP contribution >= 0.6 is 11.6 Å². The summed E-state index contributed by atoms with van der Waals surface area (Å²) in [5.74, 6) is -0.638. The van der Waals surface area contributed by atoms with E-state index in [4.69, 9.17) is 16.3 Å². The Labute approximate surface area is 186 Å². The second-order valence-electron chi connectivity index (χ2n) is 7.23. The molecule has 0 aromatic heterocycles. The van der Waals surface area contributed by atoms with Gasteiger partial charge >= 0.3 is 0 Å². The number of sulfonamides is 1. The topological polar surface area (TPSA) is 96.0 Å². The van der Waals surface area contributed by atoms with Crippen molar-refractivity contribution in [3.05, 3.63) is 58.6 Å². The Hall–Kier alpha value is -2.62. The minimum Gasteiger partial charge on any atom is -0.378 e. The van der Waals surface area contributed by atoms with Crippen molar-refractivity contribution in [1.29, 1.82) is 0 Å². The molecular formula is C21H24ClN3O5S. The van der Waals surface area contributed by atoms with Crippen molar-refractivity contribution in [3.63, 3.8) is 0 Å². The lowest BCUT2D eigenvalue weighted by Crippen LogP contribution is -2.40. The molecule has 0 spiro atoms. The van der Waals surface area contributed by atoms with Crippen LogP contribution in [0.25, 0.3) is 0 Å². The summed E-state index contributed by atoms with van der Waals surface area (Å²) >= 11 is 5.93. The second-order valence-corrected chi connectivity index (χ2v) is 9.57. The van der Waals surface area contributed by atoms with Crippen molar-refractivity contribution in [1.82, 2.24) is 4.90 Å². The Kier molecular flexibility index (Phi) is 7.19. The van der Waals surface area contributed by atoms with Crippen molar-refractivity contribution in [2.24, 2.45) is 0 Å². The molecule has 1 N–H and O–H groups in total. The van der Waals surface area contributed by atoms with Gasteiger partial charge in [-0.05, 0) is 55.0 Å². The predicted molar refractivity (Wildman–Crippen MR) is 120 cm³/mol. The molecule has 1 heterocycles. The van der Waals surface area contributed by atoms with Gasteiger partial charge in [0.15, 0.2) is 0 Å². The Bertz CT molecular complexity index is 1070. The molecule has 3 rings (SSSR count). The molecule has 0 bridgehead atoms. The fourth-order valence-electron chi connectivity index (χ4n) is 3.21. The number of morpholine rings is 1. The molecule has 2 amide bonds. The first-order valence-electron chi connectivity index (χ1n) is 9.66. The van der Waals surface area contributed by atoms with Gasteiger partial charge in [0, 0.05) is 29.4 Å². The average Bonchev–Trinajstić information content (AvgIpc) is 2.73. The molecule has 31 heavy (non-hydrogen) atoms. The number of nitrogens with one attached hydrogen (secondary N) is 1. The van der Waals surface area contributed by atoms with Gasteiger partial charge in [0.05, 0.1) is 25.2 Å². The lowest BCUT2D eigenvalue weighted by Gasteiger charge is -2.27. The number of hydrogen-bond acceptors (Lipinski definition) is 5. The molecule has 1 aliphatic heterocycles. The molecule has 1 saturated heterocycles. The van der Waals surface area contributed by atoms with Crippen LogP contribution in [0.3, 0.4) is 0 Å². The third-order valence-electron chi connectivity index (χ3n) is 4.85. The first-order valence-corrected chi connectivity index (χ1v) is 11.9. The molecule has 2 aromatic carbocycles. The summed E-state index contributed by atoms with van der Waals surface area (Å²) in [6.07, 6.45) is 1.03. The third-order valence-corrected chi connectivity index (χ3v) is 6.23. The van der Waals surface area contributed by atoms with Crippen LogP contribution in [0.15, 0.2) is 42.5 Å². The van der Waals surface area contributed by atoms with Crippen LogP contribution < -0.4 is 9.62 Å². The second kappa shape index (κ2) is 9.67. The van der Waals surface area contributed by atoms with Gasteiger partial charge in [0.2, 0.25) is 15.9 Å². The number of halogens is 1. The van der Waals surface area contributed by atoms with Gasteiger partial charge in [-0.15, -0.1) is 0 Å². The number of carbonyl (C=O) groups is 2. The molecule has 166 valence electrons. The molecule has 10 heteroatoms. The minimum absolute atomic E-state index is 0.142. The quantitative estimate of drug-likeness (QED) is 0.707. The number of amides is 2. The Morgan fingerprint density at radius 3 is 2.35 bits per heavy atom. The summed E-state index contributed by atoms with van der Waals surface area (Å²) in [7, 11) is -3.74. The van der Waals surface area contributed by atoms with Gasteiger partial charge in [0.25, 0.3) is 5.91 Å². The Morgan fingerprint density at radius 2 is 1.77 bits per heavy atom. The number of hydrogen-bond donors (Lipinski definition) is 1. The monoisotopic (exact) mass is 465 g/mol. The van der Waals surface area contributed by atoms with Gasteiger partial charge in [-0.3, -0.25) is 13.9 Å². The van der Waals surface area contributed by atoms with Crippen molar-refractivity contribution in [3.8, 4) is 0 Å². The van der Waals surface area contributed by atoms with Crippen LogP contribution in [0, 0.1) is 6.92 Å². The van der Waals surface area contributed by atoms with Crippen molar-refractivity contribution in [2.45, 2.75) is 6.92 Å². The normalized spacial score (nSPS) is 14.2. The van der Waals surface area contributed by atoms with E-state index in [9.17, 15) is 18.0 Å². The van der Waals surface area contributed by atoms with E-state index in [1.807, 2.05) is 0 Å². The highest BCUT2D eigenvalue weighted by atomic mass is 35.5. The lowest BCUT2D eigenvalue weighted by atomic mass is 10.1. The summed E-state index contributed by atoms with van der Waals surface area (Å²) in [5, 5.41) is 3.25. The molecule has 0 atom stereocenters. The first-order chi connectivity index (χ1) is 14.6. The molecule has 8 nitrogen and oxygen atoms in total. The predicted octanol–water partition coefficient (Wildman–Crippen LogP) is 2.53. The maximum Gasteiger partial charge on any atom is 0.254 e. The fourth-order valence-corrected chi connectivity index (χ4v) is 4.29. The Balaban J connectivity index is 1.74. The number of ether oxygens (including phenoxy) is 1. The van der Waals surface area contributed by atoms with E-state index >= 15 is 0 Å². The van der Waals surface area contributed by atoms with Gasteiger partial charge < -0.3 is 15.0 Å². The van der Waals surface area contributed by atoms with Crippen molar-refractivity contribution >= 4 is 44.8 Å². The van der Waals surface area contributed by atoms with Crippen LogP contribution in [0.5, 0.6) is 0 Å². The van der Waals surface area contributed by atoms with E-state index in [0.29, 0.717) is 48.3 Å². The zero-order valence-electron chi connectivity index (χ0n) is 17.3. The summed E-state index contributed by atoms with van der Waals surface area (Å²) in [5.41, 5.74) is 2.05. The number of carbonyl (C=O) groups excluding carboxylic acids is 2. The van der Waals surface area contributed by atoms with Gasteiger partial charge in [0.1, 0.15) is 6.54 Å². The van der Waals surface area contributed by atoms with Crippen LogP contribution in [-0.2, 0) is 19.6 Å². The summed E-state index contributed by atoms with van der Waals surface area (Å²) in [6.45, 7) is 3.40. The van der Waals surface area contributed by atoms with Gasteiger partial charge in [-0.2, -0.15) is 0 Å². The molecule has 0 unspecified atom stereocenters. The van der Waals surface area contributed by atoms with E-state index in [1.165, 1.54) is 12.1 Å². The number of nitrogens with zero attached hydrogens (tertiary/aromatic N) is 2. The number of aryl methyl sites for hydroxylation is 1. The molecule has 0 radical (unpaired) electrons. The minimum atomic E-state index is -3.74.